The maximum absolute atomic E-state index is 11.0. The lowest BCUT2D eigenvalue weighted by atomic mass is 9.87. The van der Waals surface area contributed by atoms with Gasteiger partial charge >= 0.3 is 0 Å². The Morgan fingerprint density at radius 2 is 1.76 bits per heavy atom. The minimum Gasteiger partial charge on any atom is -0.381 e. The number of hydrogen-bond acceptors (Lipinski definition) is 2. The van der Waals surface area contributed by atoms with Crippen molar-refractivity contribution in [2.24, 2.45) is 0 Å². The number of halogens is 1. The van der Waals surface area contributed by atoms with Gasteiger partial charge < -0.3 is 5.11 Å². The number of rotatable bonds is 2. The molecule has 0 aliphatic carbocycles. The standard InChI is InChI=1S/C18H16BrNO/c1-12-6-7-13-10-15(8-9-17(13)20-12)18(2,21)14-4-3-5-16(19)11-14/h3-11,21H,1-2H3. The highest BCUT2D eigenvalue weighted by molar-refractivity contribution is 9.10. The second-order valence-electron chi connectivity index (χ2n) is 5.44. The van der Waals surface area contributed by atoms with Crippen molar-refractivity contribution in [2.75, 3.05) is 0 Å². The molecule has 0 saturated carbocycles. The van der Waals surface area contributed by atoms with Crippen LogP contribution in [-0.2, 0) is 5.60 Å². The summed E-state index contributed by atoms with van der Waals surface area (Å²) in [6.45, 7) is 3.79. The maximum atomic E-state index is 11.0. The van der Waals surface area contributed by atoms with Crippen LogP contribution in [0.25, 0.3) is 10.9 Å². The fourth-order valence-electron chi connectivity index (χ4n) is 2.49. The average Bonchev–Trinajstić information content (AvgIpc) is 2.46. The lowest BCUT2D eigenvalue weighted by molar-refractivity contribution is 0.102. The van der Waals surface area contributed by atoms with Gasteiger partial charge in [-0.15, -0.1) is 0 Å². The van der Waals surface area contributed by atoms with Crippen molar-refractivity contribution >= 4 is 26.8 Å². The molecule has 0 spiro atoms. The van der Waals surface area contributed by atoms with E-state index in [1.807, 2.05) is 68.4 Å². The Bertz CT molecular complexity index is 811. The van der Waals surface area contributed by atoms with Crippen LogP contribution in [0.5, 0.6) is 0 Å². The van der Waals surface area contributed by atoms with E-state index >= 15 is 0 Å². The van der Waals surface area contributed by atoms with Gasteiger partial charge in [-0.1, -0.05) is 40.2 Å². The van der Waals surface area contributed by atoms with Gasteiger partial charge in [0.25, 0.3) is 0 Å². The molecular formula is C18H16BrNO. The third kappa shape index (κ3) is 2.71. The molecule has 2 nitrogen and oxygen atoms in total. The summed E-state index contributed by atoms with van der Waals surface area (Å²) < 4.78 is 0.957. The van der Waals surface area contributed by atoms with Crippen LogP contribution < -0.4 is 0 Å². The van der Waals surface area contributed by atoms with Gasteiger partial charge in [0.05, 0.1) is 5.52 Å². The molecule has 0 radical (unpaired) electrons. The first kappa shape index (κ1) is 14.2. The zero-order chi connectivity index (χ0) is 15.0. The van der Waals surface area contributed by atoms with E-state index in [0.29, 0.717) is 0 Å². The van der Waals surface area contributed by atoms with Crippen LogP contribution in [0, 0.1) is 6.92 Å². The molecule has 2 aromatic carbocycles. The Hall–Kier alpha value is -1.71. The van der Waals surface area contributed by atoms with Crippen LogP contribution in [0.15, 0.2) is 59.1 Å². The molecule has 3 aromatic rings. The summed E-state index contributed by atoms with van der Waals surface area (Å²) in [7, 11) is 0. The smallest absolute Gasteiger partial charge is 0.112 e. The predicted octanol–water partition coefficient (Wildman–Crippen LogP) is 4.56. The van der Waals surface area contributed by atoms with Crippen molar-refractivity contribution in [1.82, 2.24) is 4.98 Å². The molecule has 0 aliphatic heterocycles. The number of pyridine rings is 1. The molecule has 1 aromatic heterocycles. The van der Waals surface area contributed by atoms with Gasteiger partial charge in [0.2, 0.25) is 0 Å². The molecule has 0 amide bonds. The van der Waals surface area contributed by atoms with E-state index in [1.165, 1.54) is 0 Å². The highest BCUT2D eigenvalue weighted by Crippen LogP contribution is 2.32. The lowest BCUT2D eigenvalue weighted by Crippen LogP contribution is -2.22. The first-order valence-corrected chi connectivity index (χ1v) is 7.62. The summed E-state index contributed by atoms with van der Waals surface area (Å²) in [4.78, 5) is 4.50. The van der Waals surface area contributed by atoms with Gasteiger partial charge in [-0.25, -0.2) is 0 Å². The molecule has 1 N–H and O–H groups in total. The van der Waals surface area contributed by atoms with Crippen molar-refractivity contribution in [2.45, 2.75) is 19.4 Å². The zero-order valence-electron chi connectivity index (χ0n) is 12.0. The molecule has 1 atom stereocenters. The van der Waals surface area contributed by atoms with Crippen molar-refractivity contribution < 1.29 is 5.11 Å². The molecule has 21 heavy (non-hydrogen) atoms. The minimum atomic E-state index is -1.04. The average molecular weight is 342 g/mol. The highest BCUT2D eigenvalue weighted by Gasteiger charge is 2.26. The van der Waals surface area contributed by atoms with E-state index in [-0.39, 0.29) is 0 Å². The quantitative estimate of drug-likeness (QED) is 0.741. The summed E-state index contributed by atoms with van der Waals surface area (Å²) in [6, 6.07) is 17.7. The van der Waals surface area contributed by atoms with Crippen LogP contribution in [0.4, 0.5) is 0 Å². The van der Waals surface area contributed by atoms with Crippen LogP contribution >= 0.6 is 15.9 Å². The van der Waals surface area contributed by atoms with Crippen molar-refractivity contribution in [3.63, 3.8) is 0 Å². The van der Waals surface area contributed by atoms with E-state index in [1.54, 1.807) is 0 Å². The molecule has 1 heterocycles. The fourth-order valence-corrected chi connectivity index (χ4v) is 2.89. The zero-order valence-corrected chi connectivity index (χ0v) is 13.6. The van der Waals surface area contributed by atoms with Gasteiger partial charge in [0, 0.05) is 15.6 Å². The fraction of sp³-hybridized carbons (Fsp3) is 0.167. The molecule has 0 bridgehead atoms. The summed E-state index contributed by atoms with van der Waals surface area (Å²) in [5.74, 6) is 0. The lowest BCUT2D eigenvalue weighted by Gasteiger charge is -2.25. The molecule has 3 rings (SSSR count). The number of aryl methyl sites for hydroxylation is 1. The van der Waals surface area contributed by atoms with E-state index in [9.17, 15) is 5.11 Å². The van der Waals surface area contributed by atoms with E-state index in [2.05, 4.69) is 20.9 Å². The van der Waals surface area contributed by atoms with Crippen LogP contribution in [-0.4, -0.2) is 10.1 Å². The molecule has 3 heteroatoms. The summed E-state index contributed by atoms with van der Waals surface area (Å²) in [6.07, 6.45) is 0. The van der Waals surface area contributed by atoms with Gasteiger partial charge in [-0.2, -0.15) is 0 Å². The summed E-state index contributed by atoms with van der Waals surface area (Å²) in [5.41, 5.74) is 2.62. The number of benzene rings is 2. The first-order chi connectivity index (χ1) is 9.96. The summed E-state index contributed by atoms with van der Waals surface area (Å²) in [5, 5.41) is 12.0. The Morgan fingerprint density at radius 1 is 1.00 bits per heavy atom. The largest absolute Gasteiger partial charge is 0.381 e. The first-order valence-electron chi connectivity index (χ1n) is 6.83. The molecule has 106 valence electrons. The number of nitrogens with zero attached hydrogens (tertiary/aromatic N) is 1. The van der Waals surface area contributed by atoms with Gasteiger partial charge in [-0.05, 0) is 55.3 Å². The van der Waals surface area contributed by atoms with Crippen LogP contribution in [0.3, 0.4) is 0 Å². The van der Waals surface area contributed by atoms with Crippen molar-refractivity contribution in [3.05, 3.63) is 75.9 Å². The second-order valence-corrected chi connectivity index (χ2v) is 6.36. The normalized spacial score (nSPS) is 14.1. The monoisotopic (exact) mass is 341 g/mol. The van der Waals surface area contributed by atoms with E-state index in [0.717, 1.165) is 32.2 Å². The van der Waals surface area contributed by atoms with Crippen molar-refractivity contribution in [3.8, 4) is 0 Å². The molecule has 1 unspecified atom stereocenters. The second kappa shape index (κ2) is 5.24. The van der Waals surface area contributed by atoms with Gasteiger partial charge in [0.15, 0.2) is 0 Å². The molecule has 0 fully saturated rings. The topological polar surface area (TPSA) is 33.1 Å². The Balaban J connectivity index is 2.12. The Morgan fingerprint density at radius 3 is 2.52 bits per heavy atom. The predicted molar refractivity (Wildman–Crippen MR) is 89.3 cm³/mol. The van der Waals surface area contributed by atoms with Gasteiger partial charge in [-0.3, -0.25) is 4.98 Å². The van der Waals surface area contributed by atoms with Crippen LogP contribution in [0.1, 0.15) is 23.7 Å². The van der Waals surface area contributed by atoms with Gasteiger partial charge in [0.1, 0.15) is 5.60 Å². The Labute approximate surface area is 132 Å². The third-order valence-electron chi connectivity index (χ3n) is 3.78. The summed E-state index contributed by atoms with van der Waals surface area (Å²) >= 11 is 3.45. The number of aromatic nitrogens is 1. The Kier molecular flexibility index (Phi) is 3.56. The molecule has 0 aliphatic rings. The van der Waals surface area contributed by atoms with E-state index < -0.39 is 5.60 Å². The van der Waals surface area contributed by atoms with E-state index in [4.69, 9.17) is 0 Å². The number of aliphatic hydroxyl groups is 1. The SMILES string of the molecule is Cc1ccc2cc(C(C)(O)c3cccc(Br)c3)ccc2n1. The third-order valence-corrected chi connectivity index (χ3v) is 4.27. The molecular weight excluding hydrogens is 326 g/mol. The number of hydrogen-bond donors (Lipinski definition) is 1. The van der Waals surface area contributed by atoms with Crippen molar-refractivity contribution in [1.29, 1.82) is 0 Å². The minimum absolute atomic E-state index is 0.858. The maximum Gasteiger partial charge on any atom is 0.112 e. The van der Waals surface area contributed by atoms with Crippen LogP contribution in [0.2, 0.25) is 0 Å². The number of fused-ring (bicyclic) bond motifs is 1. The molecule has 0 saturated heterocycles. The highest BCUT2D eigenvalue weighted by atomic mass is 79.9.